The van der Waals surface area contributed by atoms with Gasteiger partial charge < -0.3 is 10.0 Å². The van der Waals surface area contributed by atoms with Gasteiger partial charge in [-0.1, -0.05) is 12.1 Å². The first-order valence-corrected chi connectivity index (χ1v) is 4.88. The Hall–Kier alpha value is -1.92. The lowest BCUT2D eigenvalue weighted by atomic mass is 10.2. The molecule has 0 saturated carbocycles. The molecule has 16 heavy (non-hydrogen) atoms. The zero-order valence-electron chi connectivity index (χ0n) is 9.20. The molecule has 1 amide bonds. The molecule has 7 nitrogen and oxygen atoms in total. The molecule has 1 unspecified atom stereocenters. The normalized spacial score (nSPS) is 12.1. The molecule has 0 aromatic carbocycles. The highest BCUT2D eigenvalue weighted by atomic mass is 16.4. The van der Waals surface area contributed by atoms with E-state index < -0.39 is 12.0 Å². The number of hydrogen-bond acceptors (Lipinski definition) is 4. The molecule has 88 valence electrons. The summed E-state index contributed by atoms with van der Waals surface area (Å²) >= 11 is 0. The molecule has 1 heterocycles. The van der Waals surface area contributed by atoms with Crippen molar-refractivity contribution < 1.29 is 14.7 Å². The quantitative estimate of drug-likeness (QED) is 0.738. The molecule has 0 aliphatic carbocycles. The Balaban J connectivity index is 2.62. The molecule has 1 atom stereocenters. The summed E-state index contributed by atoms with van der Waals surface area (Å²) < 4.78 is 1.35. The Morgan fingerprint density at radius 2 is 2.25 bits per heavy atom. The van der Waals surface area contributed by atoms with E-state index in [-0.39, 0.29) is 12.5 Å². The standard InChI is InChI=1S/C9H14N4O3/c1-3-7(9(15)16)12(2)8(14)6-13-5-4-10-11-13/h4-5,7H,3,6H2,1-2H3,(H,15,16). The van der Waals surface area contributed by atoms with E-state index in [0.29, 0.717) is 6.42 Å². The van der Waals surface area contributed by atoms with Gasteiger partial charge in [0.25, 0.3) is 0 Å². The lowest BCUT2D eigenvalue weighted by Crippen LogP contribution is -2.43. The van der Waals surface area contributed by atoms with Gasteiger partial charge in [-0.2, -0.15) is 0 Å². The van der Waals surface area contributed by atoms with Crippen LogP contribution in [0.5, 0.6) is 0 Å². The van der Waals surface area contributed by atoms with Crippen molar-refractivity contribution in [3.8, 4) is 0 Å². The second-order valence-electron chi connectivity index (χ2n) is 3.37. The number of nitrogens with zero attached hydrogens (tertiary/aromatic N) is 4. The molecule has 0 fully saturated rings. The van der Waals surface area contributed by atoms with Crippen LogP contribution in [-0.2, 0) is 16.1 Å². The number of hydrogen-bond donors (Lipinski definition) is 1. The molecular weight excluding hydrogens is 212 g/mol. The van der Waals surface area contributed by atoms with Gasteiger partial charge in [0.15, 0.2) is 0 Å². The molecule has 0 saturated heterocycles. The number of amides is 1. The van der Waals surface area contributed by atoms with Crippen LogP contribution in [0.3, 0.4) is 0 Å². The molecule has 7 heteroatoms. The van der Waals surface area contributed by atoms with Crippen LogP contribution in [0.2, 0.25) is 0 Å². The van der Waals surface area contributed by atoms with E-state index in [1.54, 1.807) is 13.1 Å². The van der Waals surface area contributed by atoms with E-state index in [1.165, 1.54) is 22.8 Å². The summed E-state index contributed by atoms with van der Waals surface area (Å²) in [6, 6.07) is -0.795. The number of rotatable bonds is 5. The van der Waals surface area contributed by atoms with Gasteiger partial charge in [-0.15, -0.1) is 5.10 Å². The van der Waals surface area contributed by atoms with Crippen LogP contribution in [0.15, 0.2) is 12.4 Å². The van der Waals surface area contributed by atoms with Crippen LogP contribution in [-0.4, -0.2) is 50.0 Å². The number of likely N-dealkylation sites (N-methyl/N-ethyl adjacent to an activating group) is 1. The monoisotopic (exact) mass is 226 g/mol. The van der Waals surface area contributed by atoms with E-state index in [2.05, 4.69) is 10.3 Å². The highest BCUT2D eigenvalue weighted by Gasteiger charge is 2.24. The Labute approximate surface area is 92.7 Å². The van der Waals surface area contributed by atoms with Crippen LogP contribution in [0, 0.1) is 0 Å². The largest absolute Gasteiger partial charge is 0.480 e. The van der Waals surface area contributed by atoms with Gasteiger partial charge in [0.1, 0.15) is 12.6 Å². The highest BCUT2D eigenvalue weighted by molar-refractivity contribution is 5.83. The Morgan fingerprint density at radius 3 is 2.69 bits per heavy atom. The van der Waals surface area contributed by atoms with Gasteiger partial charge >= 0.3 is 5.97 Å². The third-order valence-electron chi connectivity index (χ3n) is 2.30. The van der Waals surface area contributed by atoms with Crippen molar-refractivity contribution in [3.05, 3.63) is 12.4 Å². The average molecular weight is 226 g/mol. The van der Waals surface area contributed by atoms with E-state index in [4.69, 9.17) is 5.11 Å². The van der Waals surface area contributed by atoms with Crippen LogP contribution in [0.4, 0.5) is 0 Å². The van der Waals surface area contributed by atoms with Crippen molar-refractivity contribution in [1.29, 1.82) is 0 Å². The lowest BCUT2D eigenvalue weighted by molar-refractivity contribution is -0.149. The van der Waals surface area contributed by atoms with E-state index in [9.17, 15) is 9.59 Å². The van der Waals surface area contributed by atoms with Crippen molar-refractivity contribution >= 4 is 11.9 Å². The summed E-state index contributed by atoms with van der Waals surface area (Å²) in [5.74, 6) is -1.31. The summed E-state index contributed by atoms with van der Waals surface area (Å²) in [6.07, 6.45) is 3.38. The number of aromatic nitrogens is 3. The predicted molar refractivity (Wildman–Crippen MR) is 54.5 cm³/mol. The minimum atomic E-state index is -1.00. The average Bonchev–Trinajstić information content (AvgIpc) is 2.70. The van der Waals surface area contributed by atoms with Gasteiger partial charge in [0.05, 0.1) is 6.20 Å². The molecule has 0 bridgehead atoms. The van der Waals surface area contributed by atoms with Crippen molar-refractivity contribution in [2.45, 2.75) is 25.9 Å². The van der Waals surface area contributed by atoms with Crippen LogP contribution in [0.1, 0.15) is 13.3 Å². The van der Waals surface area contributed by atoms with E-state index in [0.717, 1.165) is 0 Å². The summed E-state index contributed by atoms with van der Waals surface area (Å²) in [4.78, 5) is 23.8. The van der Waals surface area contributed by atoms with Crippen LogP contribution in [0.25, 0.3) is 0 Å². The Kier molecular flexibility index (Phi) is 3.98. The Morgan fingerprint density at radius 1 is 1.56 bits per heavy atom. The van der Waals surface area contributed by atoms with Crippen LogP contribution < -0.4 is 0 Å². The first kappa shape index (κ1) is 12.2. The molecule has 1 aromatic heterocycles. The highest BCUT2D eigenvalue weighted by Crippen LogP contribution is 2.03. The number of aliphatic carboxylic acids is 1. The van der Waals surface area contributed by atoms with Crippen molar-refractivity contribution in [1.82, 2.24) is 19.9 Å². The number of carboxylic acids is 1. The van der Waals surface area contributed by atoms with Crippen molar-refractivity contribution in [3.63, 3.8) is 0 Å². The second-order valence-corrected chi connectivity index (χ2v) is 3.37. The molecule has 1 N–H and O–H groups in total. The minimum absolute atomic E-state index is 0.000278. The van der Waals surface area contributed by atoms with Gasteiger partial charge in [-0.05, 0) is 6.42 Å². The maximum atomic E-state index is 11.7. The smallest absolute Gasteiger partial charge is 0.326 e. The van der Waals surface area contributed by atoms with Crippen molar-refractivity contribution in [2.24, 2.45) is 0 Å². The fourth-order valence-corrected chi connectivity index (χ4v) is 1.36. The van der Waals surface area contributed by atoms with E-state index >= 15 is 0 Å². The molecule has 0 aliphatic rings. The fraction of sp³-hybridized carbons (Fsp3) is 0.556. The van der Waals surface area contributed by atoms with Crippen LogP contribution >= 0.6 is 0 Å². The molecule has 0 spiro atoms. The molecular formula is C9H14N4O3. The maximum absolute atomic E-state index is 11.7. The first-order chi connectivity index (χ1) is 7.56. The molecule has 0 radical (unpaired) electrons. The maximum Gasteiger partial charge on any atom is 0.326 e. The van der Waals surface area contributed by atoms with Gasteiger partial charge in [0, 0.05) is 13.2 Å². The minimum Gasteiger partial charge on any atom is -0.480 e. The number of carbonyl (C=O) groups excluding carboxylic acids is 1. The van der Waals surface area contributed by atoms with Crippen molar-refractivity contribution in [2.75, 3.05) is 7.05 Å². The Bertz CT molecular complexity index is 363. The third kappa shape index (κ3) is 2.78. The zero-order valence-corrected chi connectivity index (χ0v) is 9.20. The molecule has 1 aromatic rings. The second kappa shape index (κ2) is 5.24. The lowest BCUT2D eigenvalue weighted by Gasteiger charge is -2.23. The SMILES string of the molecule is CCC(C(=O)O)N(C)C(=O)Cn1ccnn1. The number of carbonyl (C=O) groups is 2. The third-order valence-corrected chi connectivity index (χ3v) is 2.30. The summed E-state index contributed by atoms with van der Waals surface area (Å²) in [7, 11) is 1.47. The predicted octanol–water partition coefficient (Wildman–Crippen LogP) is -0.400. The topological polar surface area (TPSA) is 88.3 Å². The zero-order chi connectivity index (χ0) is 12.1. The summed E-state index contributed by atoms with van der Waals surface area (Å²) in [5.41, 5.74) is 0. The molecule has 0 aliphatic heterocycles. The van der Waals surface area contributed by atoms with Gasteiger partial charge in [0.2, 0.25) is 5.91 Å². The van der Waals surface area contributed by atoms with E-state index in [1.807, 2.05) is 0 Å². The van der Waals surface area contributed by atoms with Gasteiger partial charge in [-0.3, -0.25) is 4.79 Å². The number of carboxylic acid groups (broad SMARTS) is 1. The summed E-state index contributed by atoms with van der Waals surface area (Å²) in [5, 5.41) is 16.1. The fourth-order valence-electron chi connectivity index (χ4n) is 1.36. The van der Waals surface area contributed by atoms with Gasteiger partial charge in [-0.25, -0.2) is 9.48 Å². The molecule has 1 rings (SSSR count). The summed E-state index contributed by atoms with van der Waals surface area (Å²) in [6.45, 7) is 1.72. The first-order valence-electron chi connectivity index (χ1n) is 4.88.